The van der Waals surface area contributed by atoms with Crippen molar-refractivity contribution in [1.29, 1.82) is 0 Å². The molecule has 2 aromatic carbocycles. The predicted molar refractivity (Wildman–Crippen MR) is 86.6 cm³/mol. The second-order valence-corrected chi connectivity index (χ2v) is 7.04. The van der Waals surface area contributed by atoms with E-state index in [9.17, 15) is 13.2 Å². The number of primary amides is 1. The maximum Gasteiger partial charge on any atom is 0.248 e. The zero-order valence-corrected chi connectivity index (χ0v) is 13.7. The number of nitrogens with zero attached hydrogens (tertiary/aromatic N) is 1. The number of rotatable bonds is 6. The molecule has 0 atom stereocenters. The summed E-state index contributed by atoms with van der Waals surface area (Å²) >= 11 is 0. The highest BCUT2D eigenvalue weighted by atomic mass is 32.2. The van der Waals surface area contributed by atoms with E-state index in [4.69, 9.17) is 10.5 Å². The highest BCUT2D eigenvalue weighted by Gasteiger charge is 2.20. The number of nitrogens with two attached hydrogens (primary N) is 1. The van der Waals surface area contributed by atoms with Gasteiger partial charge in [0.1, 0.15) is 5.75 Å². The van der Waals surface area contributed by atoms with Crippen molar-refractivity contribution in [2.45, 2.75) is 11.4 Å². The third kappa shape index (κ3) is 3.88. The lowest BCUT2D eigenvalue weighted by Crippen LogP contribution is -2.26. The van der Waals surface area contributed by atoms with Crippen LogP contribution in [0.4, 0.5) is 0 Å². The summed E-state index contributed by atoms with van der Waals surface area (Å²) in [6.45, 7) is 0.188. The van der Waals surface area contributed by atoms with Crippen LogP contribution in [0, 0.1) is 0 Å². The van der Waals surface area contributed by atoms with Crippen molar-refractivity contribution in [3.05, 3.63) is 59.7 Å². The van der Waals surface area contributed by atoms with Crippen LogP contribution in [0.1, 0.15) is 15.9 Å². The number of hydrogen-bond donors (Lipinski definition) is 1. The third-order valence-electron chi connectivity index (χ3n) is 3.41. The van der Waals surface area contributed by atoms with Gasteiger partial charge in [0.2, 0.25) is 15.9 Å². The molecular formula is C16H18N2O4S. The Morgan fingerprint density at radius 1 is 1.09 bits per heavy atom. The molecular weight excluding hydrogens is 316 g/mol. The van der Waals surface area contributed by atoms with Gasteiger partial charge < -0.3 is 10.5 Å². The summed E-state index contributed by atoms with van der Waals surface area (Å²) < 4.78 is 31.3. The molecule has 122 valence electrons. The third-order valence-corrected chi connectivity index (χ3v) is 5.23. The molecule has 6 nitrogen and oxygen atoms in total. The summed E-state index contributed by atoms with van der Waals surface area (Å²) in [6.07, 6.45) is 0. The lowest BCUT2D eigenvalue weighted by Gasteiger charge is -2.17. The van der Waals surface area contributed by atoms with E-state index in [2.05, 4.69) is 0 Å². The number of ether oxygens (including phenoxy) is 1. The smallest absolute Gasteiger partial charge is 0.248 e. The molecule has 2 N–H and O–H groups in total. The minimum atomic E-state index is -3.60. The summed E-state index contributed by atoms with van der Waals surface area (Å²) in [4.78, 5) is 11.2. The Morgan fingerprint density at radius 2 is 1.65 bits per heavy atom. The lowest BCUT2D eigenvalue weighted by atomic mass is 10.1. The molecule has 0 radical (unpaired) electrons. The van der Waals surface area contributed by atoms with Crippen molar-refractivity contribution in [2.75, 3.05) is 14.2 Å². The normalized spacial score (nSPS) is 11.4. The van der Waals surface area contributed by atoms with Crippen LogP contribution >= 0.6 is 0 Å². The van der Waals surface area contributed by atoms with Gasteiger partial charge in [0.15, 0.2) is 0 Å². The first-order valence-corrected chi connectivity index (χ1v) is 8.27. The molecule has 7 heteroatoms. The van der Waals surface area contributed by atoms with Crippen LogP contribution in [0.3, 0.4) is 0 Å². The zero-order chi connectivity index (χ0) is 17.0. The van der Waals surface area contributed by atoms with Gasteiger partial charge in [0.05, 0.1) is 12.0 Å². The van der Waals surface area contributed by atoms with Crippen LogP contribution in [0.2, 0.25) is 0 Å². The van der Waals surface area contributed by atoms with Crippen LogP contribution in [0.25, 0.3) is 0 Å². The summed E-state index contributed by atoms with van der Waals surface area (Å²) in [5.74, 6) is 0.0735. The zero-order valence-electron chi connectivity index (χ0n) is 12.9. The van der Waals surface area contributed by atoms with Crippen molar-refractivity contribution in [3.63, 3.8) is 0 Å². The van der Waals surface area contributed by atoms with Gasteiger partial charge in [-0.1, -0.05) is 12.1 Å². The van der Waals surface area contributed by atoms with Gasteiger partial charge >= 0.3 is 0 Å². The van der Waals surface area contributed by atoms with Crippen LogP contribution in [-0.2, 0) is 16.6 Å². The number of sulfonamides is 1. The summed E-state index contributed by atoms with van der Waals surface area (Å²) in [6, 6.07) is 12.7. The Bertz CT molecular complexity index is 784. The summed E-state index contributed by atoms with van der Waals surface area (Å²) in [5, 5.41) is 0. The number of benzene rings is 2. The van der Waals surface area contributed by atoms with Crippen molar-refractivity contribution < 1.29 is 17.9 Å². The first kappa shape index (κ1) is 17.0. The van der Waals surface area contributed by atoms with Gasteiger partial charge in [0.25, 0.3) is 0 Å². The van der Waals surface area contributed by atoms with Crippen molar-refractivity contribution in [2.24, 2.45) is 5.73 Å². The van der Waals surface area contributed by atoms with Crippen LogP contribution in [0.5, 0.6) is 5.75 Å². The van der Waals surface area contributed by atoms with E-state index in [-0.39, 0.29) is 11.4 Å². The second-order valence-electron chi connectivity index (χ2n) is 5.00. The molecule has 0 saturated heterocycles. The van der Waals surface area contributed by atoms with E-state index in [0.29, 0.717) is 11.3 Å². The maximum absolute atomic E-state index is 12.5. The number of carbonyl (C=O) groups excluding carboxylic acids is 1. The topological polar surface area (TPSA) is 89.7 Å². The predicted octanol–water partition coefficient (Wildman–Crippen LogP) is 1.61. The number of methoxy groups -OCH3 is 1. The Balaban J connectivity index is 2.17. The highest BCUT2D eigenvalue weighted by molar-refractivity contribution is 7.89. The van der Waals surface area contributed by atoms with Crippen LogP contribution < -0.4 is 10.5 Å². The number of amides is 1. The van der Waals surface area contributed by atoms with E-state index in [0.717, 1.165) is 5.56 Å². The quantitative estimate of drug-likeness (QED) is 0.869. The van der Waals surface area contributed by atoms with Gasteiger partial charge in [-0.2, -0.15) is 4.31 Å². The molecule has 0 spiro atoms. The molecule has 0 aromatic heterocycles. The Hall–Kier alpha value is -2.38. The fraction of sp³-hybridized carbons (Fsp3) is 0.188. The van der Waals surface area contributed by atoms with E-state index in [1.54, 1.807) is 36.4 Å². The molecule has 0 unspecified atom stereocenters. The van der Waals surface area contributed by atoms with Gasteiger partial charge in [0, 0.05) is 19.2 Å². The van der Waals surface area contributed by atoms with E-state index in [1.807, 2.05) is 0 Å². The first-order chi connectivity index (χ1) is 10.8. The lowest BCUT2D eigenvalue weighted by molar-refractivity contribution is 0.1000. The monoisotopic (exact) mass is 334 g/mol. The molecule has 0 bridgehead atoms. The Kier molecular flexibility index (Phi) is 5.02. The first-order valence-electron chi connectivity index (χ1n) is 6.83. The van der Waals surface area contributed by atoms with Crippen molar-refractivity contribution in [1.82, 2.24) is 4.31 Å². The second kappa shape index (κ2) is 6.80. The molecule has 0 aliphatic carbocycles. The standard InChI is InChI=1S/C16H18N2O4S/c1-18(11-12-3-5-13(6-4-12)16(17)19)23(20,21)15-9-7-14(22-2)8-10-15/h3-10H,11H2,1-2H3,(H2,17,19). The largest absolute Gasteiger partial charge is 0.497 e. The number of hydrogen-bond acceptors (Lipinski definition) is 4. The van der Waals surface area contributed by atoms with Gasteiger partial charge in [-0.25, -0.2) is 8.42 Å². The average molecular weight is 334 g/mol. The molecule has 0 aliphatic rings. The minimum Gasteiger partial charge on any atom is -0.497 e. The van der Waals surface area contributed by atoms with E-state index < -0.39 is 15.9 Å². The van der Waals surface area contributed by atoms with Crippen molar-refractivity contribution in [3.8, 4) is 5.75 Å². The fourth-order valence-corrected chi connectivity index (χ4v) is 3.20. The van der Waals surface area contributed by atoms with Crippen LogP contribution in [-0.4, -0.2) is 32.8 Å². The Morgan fingerprint density at radius 3 is 2.13 bits per heavy atom. The molecule has 0 aliphatic heterocycles. The number of carbonyl (C=O) groups is 1. The fourth-order valence-electron chi connectivity index (χ4n) is 2.04. The molecule has 0 fully saturated rings. The molecule has 23 heavy (non-hydrogen) atoms. The van der Waals surface area contributed by atoms with Crippen molar-refractivity contribution >= 4 is 15.9 Å². The SMILES string of the molecule is COc1ccc(S(=O)(=O)N(C)Cc2ccc(C(N)=O)cc2)cc1. The molecule has 2 rings (SSSR count). The van der Waals surface area contributed by atoms with E-state index in [1.165, 1.54) is 30.6 Å². The molecule has 2 aromatic rings. The molecule has 0 saturated carbocycles. The van der Waals surface area contributed by atoms with E-state index >= 15 is 0 Å². The average Bonchev–Trinajstić information content (AvgIpc) is 2.55. The Labute approximate surface area is 135 Å². The maximum atomic E-state index is 12.5. The van der Waals surface area contributed by atoms with Crippen LogP contribution in [0.15, 0.2) is 53.4 Å². The van der Waals surface area contributed by atoms with Gasteiger partial charge in [-0.3, -0.25) is 4.79 Å². The highest BCUT2D eigenvalue weighted by Crippen LogP contribution is 2.20. The van der Waals surface area contributed by atoms with Gasteiger partial charge in [-0.15, -0.1) is 0 Å². The minimum absolute atomic E-state index is 0.188. The molecule has 0 heterocycles. The summed E-state index contributed by atoms with van der Waals surface area (Å²) in [5.41, 5.74) is 6.32. The molecule has 1 amide bonds. The van der Waals surface area contributed by atoms with Gasteiger partial charge in [-0.05, 0) is 42.0 Å². The summed E-state index contributed by atoms with van der Waals surface area (Å²) in [7, 11) is -0.582.